The van der Waals surface area contributed by atoms with E-state index < -0.39 is 17.8 Å². The Morgan fingerprint density at radius 3 is 2.50 bits per heavy atom. The van der Waals surface area contributed by atoms with E-state index >= 15 is 0 Å². The number of aromatic nitrogens is 5. The van der Waals surface area contributed by atoms with Crippen LogP contribution in [0.4, 0.5) is 29.5 Å². The number of nitrogens with one attached hydrogen (secondary N) is 2. The molecule has 1 aliphatic heterocycles. The molecule has 5 aromatic rings. The predicted molar refractivity (Wildman–Crippen MR) is 155 cm³/mol. The maximum Gasteiger partial charge on any atom is 0.416 e. The van der Waals surface area contributed by atoms with Crippen LogP contribution in [0.1, 0.15) is 11.1 Å². The molecule has 0 radical (unpaired) electrons. The van der Waals surface area contributed by atoms with Crippen LogP contribution in [0.15, 0.2) is 60.9 Å². The smallest absolute Gasteiger partial charge is 0.308 e. The van der Waals surface area contributed by atoms with Crippen LogP contribution >= 0.6 is 11.3 Å². The molecule has 5 heterocycles. The molecule has 0 atom stereocenters. The molecule has 4 aromatic heterocycles. The molecule has 1 saturated heterocycles. The number of nitrogens with zero attached hydrogens (tertiary/aromatic N) is 7. The van der Waals surface area contributed by atoms with Crippen LogP contribution in [0.3, 0.4) is 0 Å². The highest BCUT2D eigenvalue weighted by Gasteiger charge is 2.34. The molecule has 0 unspecified atom stereocenters. The molecular weight excluding hydrogens is 567 g/mol. The lowest BCUT2D eigenvalue weighted by Crippen LogP contribution is -2.44. The standard InChI is InChI=1S/C28H28F3N9OS/c1-37-10-12-39(13-11-37)17-18-5-6-19(14-20(18)28(29,30)31)34-27(41)35-25-15-21(38(2)36-25)23-7-8-24(42-23)22-16-32-26-4-3-9-33-40(22)26/h3-9,14-16H,10-13,17H2,1-2H3,(H2,34,35,36,41). The zero-order valence-corrected chi connectivity index (χ0v) is 23.7. The van der Waals surface area contributed by atoms with Crippen LogP contribution in [0.25, 0.3) is 26.8 Å². The Labute approximate surface area is 243 Å². The van der Waals surface area contributed by atoms with Gasteiger partial charge in [0.1, 0.15) is 5.69 Å². The summed E-state index contributed by atoms with van der Waals surface area (Å²) in [6.07, 6.45) is -1.09. The molecule has 0 bridgehead atoms. The molecule has 42 heavy (non-hydrogen) atoms. The third kappa shape index (κ3) is 5.86. The van der Waals surface area contributed by atoms with Crippen LogP contribution in [-0.4, -0.2) is 73.4 Å². The molecule has 14 heteroatoms. The van der Waals surface area contributed by atoms with E-state index in [-0.39, 0.29) is 23.6 Å². The molecule has 2 N–H and O–H groups in total. The van der Waals surface area contributed by atoms with Gasteiger partial charge in [0.2, 0.25) is 0 Å². The Morgan fingerprint density at radius 1 is 0.976 bits per heavy atom. The molecule has 1 aromatic carbocycles. The summed E-state index contributed by atoms with van der Waals surface area (Å²) in [5.74, 6) is 0.263. The number of benzene rings is 1. The number of hydrogen-bond acceptors (Lipinski definition) is 7. The van der Waals surface area contributed by atoms with Crippen LogP contribution in [0, 0.1) is 0 Å². The van der Waals surface area contributed by atoms with E-state index in [1.54, 1.807) is 34.7 Å². The summed E-state index contributed by atoms with van der Waals surface area (Å²) in [4.78, 5) is 23.1. The zero-order chi connectivity index (χ0) is 29.4. The molecule has 218 valence electrons. The number of halogens is 3. The van der Waals surface area contributed by atoms with E-state index in [4.69, 9.17) is 0 Å². The summed E-state index contributed by atoms with van der Waals surface area (Å²) < 4.78 is 45.2. The maximum absolute atomic E-state index is 13.9. The summed E-state index contributed by atoms with van der Waals surface area (Å²) in [5, 5.41) is 13.9. The van der Waals surface area contributed by atoms with E-state index in [9.17, 15) is 18.0 Å². The number of alkyl halides is 3. The van der Waals surface area contributed by atoms with E-state index in [0.29, 0.717) is 13.1 Å². The fourth-order valence-corrected chi connectivity index (χ4v) is 6.00. The van der Waals surface area contributed by atoms with Gasteiger partial charge in [-0.25, -0.2) is 14.3 Å². The molecule has 0 aliphatic carbocycles. The minimum Gasteiger partial charge on any atom is -0.308 e. The van der Waals surface area contributed by atoms with Crippen LogP contribution in [0.2, 0.25) is 0 Å². The van der Waals surface area contributed by atoms with Crippen molar-refractivity contribution in [3.8, 4) is 21.1 Å². The largest absolute Gasteiger partial charge is 0.416 e. The molecule has 0 saturated carbocycles. The lowest BCUT2D eigenvalue weighted by molar-refractivity contribution is -0.138. The van der Waals surface area contributed by atoms with Gasteiger partial charge in [0.05, 0.1) is 27.2 Å². The van der Waals surface area contributed by atoms with Gasteiger partial charge in [0, 0.05) is 57.7 Å². The second kappa shape index (κ2) is 11.2. The first-order valence-electron chi connectivity index (χ1n) is 13.3. The van der Waals surface area contributed by atoms with Gasteiger partial charge in [-0.3, -0.25) is 14.9 Å². The molecule has 0 spiro atoms. The van der Waals surface area contributed by atoms with Crippen molar-refractivity contribution in [3.63, 3.8) is 0 Å². The third-order valence-electron chi connectivity index (χ3n) is 7.17. The summed E-state index contributed by atoms with van der Waals surface area (Å²) in [6, 6.07) is 12.5. The number of piperazine rings is 1. The molecule has 6 rings (SSSR count). The topological polar surface area (TPSA) is 95.6 Å². The van der Waals surface area contributed by atoms with Gasteiger partial charge in [0.15, 0.2) is 11.5 Å². The first-order valence-corrected chi connectivity index (χ1v) is 14.1. The number of carbonyl (C=O) groups is 1. The van der Waals surface area contributed by atoms with Crippen molar-refractivity contribution >= 4 is 34.5 Å². The molecular formula is C28H28F3N9OS. The minimum atomic E-state index is -4.55. The number of amides is 2. The highest BCUT2D eigenvalue weighted by molar-refractivity contribution is 7.18. The second-order valence-corrected chi connectivity index (χ2v) is 11.3. The number of anilines is 2. The zero-order valence-electron chi connectivity index (χ0n) is 22.9. The fourth-order valence-electron chi connectivity index (χ4n) is 4.95. The molecule has 1 fully saturated rings. The van der Waals surface area contributed by atoms with Crippen LogP contribution < -0.4 is 10.6 Å². The Balaban J connectivity index is 1.15. The van der Waals surface area contributed by atoms with E-state index in [1.165, 1.54) is 23.5 Å². The number of hydrogen-bond donors (Lipinski definition) is 2. The monoisotopic (exact) mass is 595 g/mol. The Kier molecular flexibility index (Phi) is 7.43. The van der Waals surface area contributed by atoms with Crippen molar-refractivity contribution in [2.75, 3.05) is 43.9 Å². The fraction of sp³-hybridized carbons (Fsp3) is 0.286. The first-order chi connectivity index (χ1) is 20.1. The lowest BCUT2D eigenvalue weighted by Gasteiger charge is -2.33. The average molecular weight is 596 g/mol. The first kappa shape index (κ1) is 27.9. The number of imidazole rings is 1. The number of likely N-dealkylation sites (N-methyl/N-ethyl adjacent to an activating group) is 1. The third-order valence-corrected chi connectivity index (χ3v) is 8.30. The van der Waals surface area contributed by atoms with Gasteiger partial charge < -0.3 is 10.2 Å². The van der Waals surface area contributed by atoms with Crippen molar-refractivity contribution in [2.45, 2.75) is 12.7 Å². The number of aryl methyl sites for hydroxylation is 1. The number of thiophene rings is 1. The van der Waals surface area contributed by atoms with E-state index in [2.05, 4.69) is 30.7 Å². The van der Waals surface area contributed by atoms with Crippen LogP contribution in [-0.2, 0) is 19.8 Å². The van der Waals surface area contributed by atoms with Gasteiger partial charge in [-0.1, -0.05) is 6.07 Å². The Morgan fingerprint density at radius 2 is 1.74 bits per heavy atom. The predicted octanol–water partition coefficient (Wildman–Crippen LogP) is 5.27. The molecule has 10 nitrogen and oxygen atoms in total. The summed E-state index contributed by atoms with van der Waals surface area (Å²) in [5.41, 5.74) is 1.83. The Hall–Kier alpha value is -4.27. The van der Waals surface area contributed by atoms with Crippen molar-refractivity contribution in [1.29, 1.82) is 0 Å². The van der Waals surface area contributed by atoms with Crippen molar-refractivity contribution in [1.82, 2.24) is 34.2 Å². The van der Waals surface area contributed by atoms with Crippen molar-refractivity contribution in [3.05, 3.63) is 72.1 Å². The lowest BCUT2D eigenvalue weighted by atomic mass is 10.0. The highest BCUT2D eigenvalue weighted by atomic mass is 32.1. The van der Waals surface area contributed by atoms with Gasteiger partial charge in [-0.05, 0) is 49.0 Å². The molecule has 1 aliphatic rings. The van der Waals surface area contributed by atoms with Gasteiger partial charge in [-0.15, -0.1) is 11.3 Å². The summed E-state index contributed by atoms with van der Waals surface area (Å²) in [6.45, 7) is 3.22. The SMILES string of the molecule is CN1CCN(Cc2ccc(NC(=O)Nc3cc(-c4ccc(-c5cnc6cccnn56)s4)n(C)n3)cc2C(F)(F)F)CC1. The number of fused-ring (bicyclic) bond motifs is 1. The van der Waals surface area contributed by atoms with Crippen molar-refractivity contribution in [2.24, 2.45) is 7.05 Å². The van der Waals surface area contributed by atoms with Gasteiger partial charge in [0.25, 0.3) is 0 Å². The van der Waals surface area contributed by atoms with Crippen molar-refractivity contribution < 1.29 is 18.0 Å². The Bertz CT molecular complexity index is 1730. The average Bonchev–Trinajstić information content (AvgIpc) is 3.68. The van der Waals surface area contributed by atoms with E-state index in [1.807, 2.05) is 36.2 Å². The van der Waals surface area contributed by atoms with Crippen LogP contribution in [0.5, 0.6) is 0 Å². The maximum atomic E-state index is 13.9. The second-order valence-electron chi connectivity index (χ2n) is 10.2. The number of carbonyl (C=O) groups excluding carboxylic acids is 1. The normalized spacial score (nSPS) is 14.9. The quantitative estimate of drug-likeness (QED) is 0.278. The molecule has 2 amide bonds. The summed E-state index contributed by atoms with van der Waals surface area (Å²) in [7, 11) is 3.75. The van der Waals surface area contributed by atoms with E-state index in [0.717, 1.165) is 45.9 Å². The minimum absolute atomic E-state index is 0.0441. The number of rotatable bonds is 6. The summed E-state index contributed by atoms with van der Waals surface area (Å²) >= 11 is 1.52. The van der Waals surface area contributed by atoms with Gasteiger partial charge in [-0.2, -0.15) is 23.4 Å². The van der Waals surface area contributed by atoms with Gasteiger partial charge >= 0.3 is 12.2 Å². The number of urea groups is 1. The highest BCUT2D eigenvalue weighted by Crippen LogP contribution is 2.36.